The second kappa shape index (κ2) is 3.28. The summed E-state index contributed by atoms with van der Waals surface area (Å²) in [5.74, 6) is 1.33. The van der Waals surface area contributed by atoms with E-state index in [0.717, 1.165) is 18.4 Å². The summed E-state index contributed by atoms with van der Waals surface area (Å²) < 4.78 is 24.7. The van der Waals surface area contributed by atoms with Gasteiger partial charge in [0, 0.05) is 5.92 Å². The van der Waals surface area contributed by atoms with Crippen molar-refractivity contribution in [2.75, 3.05) is 11.0 Å². The number of anilines is 1. The third-order valence-corrected chi connectivity index (χ3v) is 2.69. The Morgan fingerprint density at radius 1 is 1.21 bits per heavy atom. The predicted molar refractivity (Wildman–Crippen MR) is 56.5 cm³/mol. The van der Waals surface area contributed by atoms with Gasteiger partial charge in [0.25, 0.3) is 0 Å². The first kappa shape index (κ1) is 9.52. The monoisotopic (exact) mass is 210 g/mol. The van der Waals surface area contributed by atoms with E-state index < -0.39 is 10.0 Å². The molecule has 1 aromatic rings. The normalized spacial score (nSPS) is 16.6. The van der Waals surface area contributed by atoms with Crippen LogP contribution in [0.15, 0.2) is 24.3 Å². The maximum atomic E-state index is 11.1. The number of sulfonamides is 1. The van der Waals surface area contributed by atoms with Crippen molar-refractivity contribution in [2.45, 2.75) is 12.8 Å². The fourth-order valence-electron chi connectivity index (χ4n) is 1.41. The molecule has 4 heteroatoms. The van der Waals surface area contributed by atoms with Gasteiger partial charge >= 0.3 is 0 Å². The van der Waals surface area contributed by atoms with E-state index in [1.54, 1.807) is 6.07 Å². The van der Waals surface area contributed by atoms with Crippen molar-refractivity contribution in [3.05, 3.63) is 35.7 Å². The van der Waals surface area contributed by atoms with Crippen molar-refractivity contribution in [2.24, 2.45) is 0 Å². The number of para-hydroxylation sites is 1. The minimum absolute atomic E-state index is 0.697. The van der Waals surface area contributed by atoms with Crippen LogP contribution in [0.2, 0.25) is 0 Å². The maximum Gasteiger partial charge on any atom is 0.229 e. The summed E-state index contributed by atoms with van der Waals surface area (Å²) in [6, 6.07) is 7.51. The van der Waals surface area contributed by atoms with Crippen LogP contribution in [-0.2, 0) is 10.0 Å². The Morgan fingerprint density at radius 2 is 1.86 bits per heavy atom. The molecule has 14 heavy (non-hydrogen) atoms. The molecule has 1 N–H and O–H groups in total. The maximum absolute atomic E-state index is 11.1. The van der Waals surface area contributed by atoms with Crippen LogP contribution < -0.4 is 4.72 Å². The van der Waals surface area contributed by atoms with Gasteiger partial charge in [0.15, 0.2) is 0 Å². The highest BCUT2D eigenvalue weighted by molar-refractivity contribution is 7.92. The number of nitrogens with one attached hydrogen (secondary N) is 1. The summed E-state index contributed by atoms with van der Waals surface area (Å²) in [6.07, 6.45) is 3.34. The fraction of sp³-hybridized carbons (Fsp3) is 0.300. The lowest BCUT2D eigenvalue weighted by Crippen LogP contribution is -2.10. The number of rotatable bonds is 3. The second-order valence-corrected chi connectivity index (χ2v) is 5.27. The lowest BCUT2D eigenvalue weighted by atomic mass is 10.1. The first-order valence-corrected chi connectivity index (χ1v) is 6.37. The highest BCUT2D eigenvalue weighted by Gasteiger charge is 2.27. The molecule has 0 spiro atoms. The summed E-state index contributed by atoms with van der Waals surface area (Å²) in [6.45, 7) is 0. The quantitative estimate of drug-likeness (QED) is 0.826. The van der Waals surface area contributed by atoms with Crippen LogP contribution in [0.4, 0.5) is 5.69 Å². The molecule has 1 aliphatic carbocycles. The molecule has 0 heterocycles. The molecule has 2 rings (SSSR count). The highest BCUT2D eigenvalue weighted by Crippen LogP contribution is 2.42. The number of hydrogen-bond acceptors (Lipinski definition) is 2. The van der Waals surface area contributed by atoms with E-state index in [1.807, 2.05) is 18.2 Å². The zero-order valence-electron chi connectivity index (χ0n) is 7.95. The molecule has 75 valence electrons. The van der Waals surface area contributed by atoms with Gasteiger partial charge in [-0.1, -0.05) is 18.2 Å². The van der Waals surface area contributed by atoms with Crippen LogP contribution in [0, 0.1) is 5.92 Å². The largest absolute Gasteiger partial charge is 0.283 e. The Labute approximate surface area is 84.2 Å². The van der Waals surface area contributed by atoms with E-state index in [1.165, 1.54) is 12.2 Å². The van der Waals surface area contributed by atoms with Gasteiger partial charge in [-0.2, -0.15) is 0 Å². The number of benzene rings is 1. The van der Waals surface area contributed by atoms with Crippen LogP contribution in [0.3, 0.4) is 0 Å². The van der Waals surface area contributed by atoms with E-state index in [-0.39, 0.29) is 0 Å². The van der Waals surface area contributed by atoms with Gasteiger partial charge < -0.3 is 0 Å². The first-order valence-electron chi connectivity index (χ1n) is 4.48. The molecular formula is C10H12NO2S. The Hall–Kier alpha value is -1.03. The first-order chi connectivity index (χ1) is 6.56. The Kier molecular flexibility index (Phi) is 2.23. The lowest BCUT2D eigenvalue weighted by Gasteiger charge is -2.08. The molecule has 3 nitrogen and oxygen atoms in total. The van der Waals surface area contributed by atoms with Crippen molar-refractivity contribution in [1.29, 1.82) is 0 Å². The van der Waals surface area contributed by atoms with Crippen LogP contribution in [0.5, 0.6) is 0 Å². The molecule has 1 saturated carbocycles. The second-order valence-electron chi connectivity index (χ2n) is 3.52. The fourth-order valence-corrected chi connectivity index (χ4v) is 1.99. The minimum Gasteiger partial charge on any atom is -0.283 e. The summed E-state index contributed by atoms with van der Waals surface area (Å²) >= 11 is 0. The Bertz CT molecular complexity index is 435. The average molecular weight is 210 g/mol. The predicted octanol–water partition coefficient (Wildman–Crippen LogP) is 1.77. The summed E-state index contributed by atoms with van der Waals surface area (Å²) in [5.41, 5.74) is 1.74. The lowest BCUT2D eigenvalue weighted by molar-refractivity contribution is 0.607. The molecular weight excluding hydrogens is 198 g/mol. The zero-order valence-corrected chi connectivity index (χ0v) is 8.76. The molecule has 1 radical (unpaired) electrons. The van der Waals surface area contributed by atoms with Gasteiger partial charge in [0.1, 0.15) is 0 Å². The van der Waals surface area contributed by atoms with Crippen molar-refractivity contribution < 1.29 is 8.42 Å². The van der Waals surface area contributed by atoms with Gasteiger partial charge in [-0.3, -0.25) is 4.72 Å². The van der Waals surface area contributed by atoms with E-state index in [0.29, 0.717) is 5.69 Å². The average Bonchev–Trinajstić information content (AvgIpc) is 2.85. The van der Waals surface area contributed by atoms with Crippen LogP contribution >= 0.6 is 0 Å². The van der Waals surface area contributed by atoms with Crippen molar-refractivity contribution in [1.82, 2.24) is 0 Å². The van der Waals surface area contributed by atoms with E-state index in [9.17, 15) is 8.42 Å². The van der Waals surface area contributed by atoms with Crippen molar-refractivity contribution in [3.8, 4) is 0 Å². The zero-order chi connectivity index (χ0) is 10.2. The van der Waals surface area contributed by atoms with Crippen LogP contribution in [0.1, 0.15) is 18.4 Å². The molecule has 1 aromatic carbocycles. The highest BCUT2D eigenvalue weighted by atomic mass is 32.2. The summed E-state index contributed by atoms with van der Waals surface area (Å²) in [5, 5.41) is 0. The smallest absolute Gasteiger partial charge is 0.229 e. The SMILES string of the molecule is CS(=O)(=O)Nc1ccccc1[C]1CC1. The molecule has 0 bridgehead atoms. The van der Waals surface area contributed by atoms with Gasteiger partial charge in [-0.15, -0.1) is 0 Å². The van der Waals surface area contributed by atoms with Gasteiger partial charge in [0.05, 0.1) is 11.9 Å². The summed E-state index contributed by atoms with van der Waals surface area (Å²) in [7, 11) is -3.17. The third kappa shape index (κ3) is 2.26. The molecule has 0 unspecified atom stereocenters. The third-order valence-electron chi connectivity index (χ3n) is 2.10. The topological polar surface area (TPSA) is 46.2 Å². The van der Waals surface area contributed by atoms with E-state index in [4.69, 9.17) is 0 Å². The van der Waals surface area contributed by atoms with Crippen LogP contribution in [-0.4, -0.2) is 14.7 Å². The molecule has 0 saturated heterocycles. The van der Waals surface area contributed by atoms with Crippen molar-refractivity contribution >= 4 is 15.7 Å². The number of hydrogen-bond donors (Lipinski definition) is 1. The Morgan fingerprint density at radius 3 is 2.43 bits per heavy atom. The molecule has 0 atom stereocenters. The summed E-state index contributed by atoms with van der Waals surface area (Å²) in [4.78, 5) is 0. The van der Waals surface area contributed by atoms with E-state index >= 15 is 0 Å². The van der Waals surface area contributed by atoms with Gasteiger partial charge in [-0.05, 0) is 24.5 Å². The van der Waals surface area contributed by atoms with Crippen molar-refractivity contribution in [3.63, 3.8) is 0 Å². The molecule has 0 aliphatic heterocycles. The van der Waals surface area contributed by atoms with Gasteiger partial charge in [0.2, 0.25) is 10.0 Å². The Balaban J connectivity index is 2.32. The van der Waals surface area contributed by atoms with Crippen LogP contribution in [0.25, 0.3) is 0 Å². The van der Waals surface area contributed by atoms with Gasteiger partial charge in [-0.25, -0.2) is 8.42 Å². The minimum atomic E-state index is -3.17. The molecule has 1 fully saturated rings. The molecule has 0 amide bonds. The van der Waals surface area contributed by atoms with E-state index in [2.05, 4.69) is 4.72 Å². The standard InChI is InChI=1S/C10H12NO2S/c1-14(12,13)11-10-5-3-2-4-9(10)8-6-7-8/h2-5,11H,6-7H2,1H3. The molecule has 1 aliphatic rings. The molecule has 0 aromatic heterocycles.